The highest BCUT2D eigenvalue weighted by atomic mass is 35.5. The van der Waals surface area contributed by atoms with Crippen molar-refractivity contribution in [1.29, 1.82) is 0 Å². The highest BCUT2D eigenvalue weighted by Crippen LogP contribution is 2.35. The fraction of sp³-hybridized carbons (Fsp3) is 0.286. The Morgan fingerprint density at radius 3 is 2.08 bits per heavy atom. The van der Waals surface area contributed by atoms with Gasteiger partial charge in [0.1, 0.15) is 18.2 Å². The summed E-state index contributed by atoms with van der Waals surface area (Å²) in [7, 11) is 3.63. The molecule has 2 heterocycles. The molecule has 4 rings (SSSR count). The molecule has 8 nitrogen and oxygen atoms in total. The Morgan fingerprint density at radius 2 is 1.53 bits per heavy atom. The summed E-state index contributed by atoms with van der Waals surface area (Å²) in [5.41, 5.74) is 3.94. The SMILES string of the molecule is CCN1C=CN(C)C1=C([O-])N=C1C=C(Cl)C(=C2C=C(C)C(=NC(=O)c3n(CC)cc[n+]3C)C=C2Cl)C=C1C. The maximum Gasteiger partial charge on any atom is 0.360 e. The molecule has 3 aliphatic rings. The van der Waals surface area contributed by atoms with Crippen molar-refractivity contribution >= 4 is 40.5 Å². The molecule has 1 aliphatic heterocycles. The van der Waals surface area contributed by atoms with Gasteiger partial charge in [-0.2, -0.15) is 0 Å². The van der Waals surface area contributed by atoms with E-state index in [0.717, 1.165) is 11.1 Å². The number of nitrogens with zero attached hydrogens (tertiary/aromatic N) is 6. The second-order valence-electron chi connectivity index (χ2n) is 9.11. The second kappa shape index (κ2) is 11.0. The molecule has 0 unspecified atom stereocenters. The quantitative estimate of drug-likeness (QED) is 0.417. The molecule has 1 aromatic rings. The summed E-state index contributed by atoms with van der Waals surface area (Å²) in [5.74, 6) is 0.274. The van der Waals surface area contributed by atoms with E-state index in [0.29, 0.717) is 57.4 Å². The molecule has 0 saturated heterocycles. The van der Waals surface area contributed by atoms with Crippen LogP contribution < -0.4 is 9.67 Å². The molecule has 38 heavy (non-hydrogen) atoms. The minimum Gasteiger partial charge on any atom is -0.856 e. The van der Waals surface area contributed by atoms with Crippen LogP contribution in [0.25, 0.3) is 0 Å². The normalized spacial score (nSPS) is 23.2. The number of aromatic nitrogens is 2. The zero-order valence-corrected chi connectivity index (χ0v) is 23.8. The Balaban J connectivity index is 1.67. The fourth-order valence-electron chi connectivity index (χ4n) is 4.42. The van der Waals surface area contributed by atoms with Gasteiger partial charge in [-0.3, -0.25) is 9.79 Å². The number of allylic oxidation sites excluding steroid dienone is 10. The maximum absolute atomic E-state index is 13.0. The third kappa shape index (κ3) is 5.19. The van der Waals surface area contributed by atoms with Gasteiger partial charge in [-0.25, -0.2) is 14.1 Å². The first-order chi connectivity index (χ1) is 18.0. The number of halogens is 2. The van der Waals surface area contributed by atoms with Gasteiger partial charge in [0, 0.05) is 43.0 Å². The number of hydrogen-bond acceptors (Lipinski definition) is 5. The van der Waals surface area contributed by atoms with E-state index in [9.17, 15) is 9.90 Å². The van der Waals surface area contributed by atoms with Crippen LogP contribution in [-0.2, 0) is 13.6 Å². The summed E-state index contributed by atoms with van der Waals surface area (Å²) in [6.07, 6.45) is 14.4. The van der Waals surface area contributed by atoms with E-state index in [2.05, 4.69) is 9.98 Å². The maximum atomic E-state index is 13.0. The van der Waals surface area contributed by atoms with Gasteiger partial charge in [-0.1, -0.05) is 23.2 Å². The molecule has 0 atom stereocenters. The van der Waals surface area contributed by atoms with Crippen LogP contribution in [0, 0.1) is 0 Å². The van der Waals surface area contributed by atoms with Crippen LogP contribution in [0.3, 0.4) is 0 Å². The topological polar surface area (TPSA) is 80.1 Å². The number of rotatable bonds is 4. The molecule has 0 aromatic carbocycles. The molecule has 0 saturated carbocycles. The second-order valence-corrected chi connectivity index (χ2v) is 9.92. The van der Waals surface area contributed by atoms with Gasteiger partial charge in [0.05, 0.1) is 35.1 Å². The van der Waals surface area contributed by atoms with E-state index in [1.165, 1.54) is 0 Å². The van der Waals surface area contributed by atoms with E-state index in [-0.39, 0.29) is 11.8 Å². The zero-order chi connectivity index (χ0) is 27.7. The molecule has 2 aliphatic carbocycles. The van der Waals surface area contributed by atoms with Gasteiger partial charge in [-0.15, -0.1) is 0 Å². The van der Waals surface area contributed by atoms with Crippen LogP contribution in [0.4, 0.5) is 0 Å². The number of amides is 1. The van der Waals surface area contributed by atoms with Gasteiger partial charge in [-0.05, 0) is 63.1 Å². The molecular formula is C28H30Cl2N6O2. The van der Waals surface area contributed by atoms with Crippen molar-refractivity contribution < 1.29 is 14.5 Å². The summed E-state index contributed by atoms with van der Waals surface area (Å²) in [6.45, 7) is 9.00. The van der Waals surface area contributed by atoms with Crippen molar-refractivity contribution in [1.82, 2.24) is 14.4 Å². The van der Waals surface area contributed by atoms with Crippen LogP contribution >= 0.6 is 23.2 Å². The van der Waals surface area contributed by atoms with Crippen molar-refractivity contribution in [3.8, 4) is 0 Å². The molecule has 10 heteroatoms. The average molecular weight is 553 g/mol. The zero-order valence-electron chi connectivity index (χ0n) is 22.3. The van der Waals surface area contributed by atoms with Crippen molar-refractivity contribution in [2.45, 2.75) is 34.2 Å². The number of hydrogen-bond donors (Lipinski definition) is 0. The lowest BCUT2D eigenvalue weighted by Crippen LogP contribution is -2.35. The third-order valence-corrected chi connectivity index (χ3v) is 7.15. The largest absolute Gasteiger partial charge is 0.856 e. The minimum absolute atomic E-state index is 0.349. The van der Waals surface area contributed by atoms with Crippen LogP contribution in [-0.4, -0.2) is 45.3 Å². The molecule has 0 radical (unpaired) electrons. The average Bonchev–Trinajstić information content (AvgIpc) is 3.44. The number of carbonyl (C=O) groups is 1. The summed E-state index contributed by atoms with van der Waals surface area (Å²) in [5, 5.41) is 13.8. The van der Waals surface area contributed by atoms with Crippen molar-refractivity contribution in [2.24, 2.45) is 17.0 Å². The predicted octanol–water partition coefficient (Wildman–Crippen LogP) is 4.04. The lowest BCUT2D eigenvalue weighted by Gasteiger charge is -2.26. The Hall–Kier alpha value is -3.62. The van der Waals surface area contributed by atoms with Gasteiger partial charge in [0.2, 0.25) is 0 Å². The van der Waals surface area contributed by atoms with Crippen LogP contribution in [0.15, 0.2) is 103 Å². The Bertz CT molecular complexity index is 1480. The first-order valence-electron chi connectivity index (χ1n) is 12.3. The number of imidazole rings is 1. The Morgan fingerprint density at radius 1 is 0.947 bits per heavy atom. The molecular weight excluding hydrogens is 523 g/mol. The van der Waals surface area contributed by atoms with Crippen molar-refractivity contribution in [3.05, 3.63) is 99.0 Å². The first-order valence-corrected chi connectivity index (χ1v) is 13.0. The number of aryl methyl sites for hydroxylation is 2. The monoisotopic (exact) mass is 552 g/mol. The predicted molar refractivity (Wildman–Crippen MR) is 149 cm³/mol. The first kappa shape index (κ1) is 27.4. The van der Waals surface area contributed by atoms with Crippen LogP contribution in [0.1, 0.15) is 38.3 Å². The summed E-state index contributed by atoms with van der Waals surface area (Å²) >= 11 is 13.4. The standard InChI is InChI=1S/C28H30Cl2N6O2/c1-7-35-11-9-33(5)27(35)25(37)31-23-15-21(29)19(13-17(23)3)20-14-18(4)24(16-22(20)30)32-26(38)28-34(6)10-12-36(28)8-2/h9-16H,7-8H2,1-6H3. The summed E-state index contributed by atoms with van der Waals surface area (Å²) in [6, 6.07) is 0. The Kier molecular flexibility index (Phi) is 7.94. The molecule has 0 spiro atoms. The van der Waals surface area contributed by atoms with Crippen LogP contribution in [0.2, 0.25) is 0 Å². The molecule has 0 bridgehead atoms. The van der Waals surface area contributed by atoms with Gasteiger partial charge in [0.25, 0.3) is 0 Å². The van der Waals surface area contributed by atoms with E-state index in [1.807, 2.05) is 88.2 Å². The van der Waals surface area contributed by atoms with E-state index in [4.69, 9.17) is 23.2 Å². The lowest BCUT2D eigenvalue weighted by atomic mass is 9.92. The molecule has 198 valence electrons. The van der Waals surface area contributed by atoms with Gasteiger partial charge < -0.3 is 14.9 Å². The highest BCUT2D eigenvalue weighted by molar-refractivity contribution is 6.38. The van der Waals surface area contributed by atoms with E-state index < -0.39 is 0 Å². The minimum atomic E-state index is -0.349. The van der Waals surface area contributed by atoms with E-state index >= 15 is 0 Å². The van der Waals surface area contributed by atoms with Gasteiger partial charge in [0.15, 0.2) is 0 Å². The smallest absolute Gasteiger partial charge is 0.360 e. The molecule has 0 N–H and O–H groups in total. The molecule has 0 fully saturated rings. The van der Waals surface area contributed by atoms with E-state index in [1.54, 1.807) is 21.6 Å². The summed E-state index contributed by atoms with van der Waals surface area (Å²) < 4.78 is 3.59. The van der Waals surface area contributed by atoms with Crippen LogP contribution in [0.5, 0.6) is 0 Å². The van der Waals surface area contributed by atoms with Gasteiger partial charge >= 0.3 is 11.7 Å². The van der Waals surface area contributed by atoms with Crippen molar-refractivity contribution in [2.75, 3.05) is 13.6 Å². The lowest BCUT2D eigenvalue weighted by molar-refractivity contribution is -0.672. The Labute approximate surface area is 232 Å². The van der Waals surface area contributed by atoms with Crippen molar-refractivity contribution in [3.63, 3.8) is 0 Å². The summed E-state index contributed by atoms with van der Waals surface area (Å²) in [4.78, 5) is 25.2. The highest BCUT2D eigenvalue weighted by Gasteiger charge is 2.25. The number of aliphatic imine (C=N–C) groups is 2. The fourth-order valence-corrected chi connectivity index (χ4v) is 4.94. The number of carbonyl (C=O) groups excluding carboxylic acids is 1. The molecule has 1 aromatic heterocycles. The molecule has 1 amide bonds. The third-order valence-electron chi connectivity index (χ3n) is 6.52.